The third-order valence-corrected chi connectivity index (χ3v) is 3.20. The lowest BCUT2D eigenvalue weighted by atomic mass is 10.1. The molecule has 2 heteroatoms. The topological polar surface area (TPSA) is 27.0 Å². The minimum Gasteiger partial charge on any atom is -0.303 e. The number of likely N-dealkylation sites (tertiary alicyclic amines) is 1. The molecule has 0 N–H and O–H groups in total. The quantitative estimate of drug-likeness (QED) is 0.635. The van der Waals surface area contributed by atoms with Crippen LogP contribution in [0.3, 0.4) is 0 Å². The number of hydrogen-bond acceptors (Lipinski definition) is 2. The van der Waals surface area contributed by atoms with Crippen LogP contribution in [0, 0.1) is 16.7 Å². The summed E-state index contributed by atoms with van der Waals surface area (Å²) in [4.78, 5) is 2.50. The SMILES string of the molecule is N#CC1(CCN2CCCC2)CC1. The van der Waals surface area contributed by atoms with Gasteiger partial charge in [-0.05, 0) is 51.7 Å². The normalized spacial score (nSPS) is 26.9. The average Bonchev–Trinajstić information content (AvgIpc) is 2.70. The molecule has 0 unspecified atom stereocenters. The molecule has 0 aromatic heterocycles. The van der Waals surface area contributed by atoms with E-state index in [1.54, 1.807) is 0 Å². The van der Waals surface area contributed by atoms with Gasteiger partial charge in [0, 0.05) is 0 Å². The maximum absolute atomic E-state index is 8.86. The van der Waals surface area contributed by atoms with E-state index < -0.39 is 0 Å². The van der Waals surface area contributed by atoms with Crippen molar-refractivity contribution in [1.82, 2.24) is 4.90 Å². The Bertz CT molecular complexity index is 194. The number of rotatable bonds is 3. The summed E-state index contributed by atoms with van der Waals surface area (Å²) >= 11 is 0. The minimum absolute atomic E-state index is 0.114. The molecule has 1 saturated carbocycles. The lowest BCUT2D eigenvalue weighted by Crippen LogP contribution is -2.22. The van der Waals surface area contributed by atoms with E-state index in [1.807, 2.05) is 0 Å². The van der Waals surface area contributed by atoms with Crippen LogP contribution < -0.4 is 0 Å². The van der Waals surface area contributed by atoms with E-state index in [0.29, 0.717) is 0 Å². The molecule has 0 radical (unpaired) electrons. The Morgan fingerprint density at radius 3 is 2.42 bits per heavy atom. The molecule has 1 heterocycles. The monoisotopic (exact) mass is 164 g/mol. The van der Waals surface area contributed by atoms with Crippen LogP contribution in [-0.2, 0) is 0 Å². The Morgan fingerprint density at radius 1 is 1.25 bits per heavy atom. The molecule has 2 aliphatic rings. The first kappa shape index (κ1) is 8.07. The summed E-state index contributed by atoms with van der Waals surface area (Å²) in [5.41, 5.74) is 0.114. The Balaban J connectivity index is 1.71. The molecule has 2 fully saturated rings. The molecule has 1 saturated heterocycles. The fourth-order valence-electron chi connectivity index (χ4n) is 1.95. The molecule has 0 aromatic carbocycles. The Hall–Kier alpha value is -0.550. The van der Waals surface area contributed by atoms with Crippen molar-refractivity contribution in [2.45, 2.75) is 32.1 Å². The minimum atomic E-state index is 0.114. The summed E-state index contributed by atoms with van der Waals surface area (Å²) in [6, 6.07) is 2.45. The van der Waals surface area contributed by atoms with E-state index in [-0.39, 0.29) is 5.41 Å². The molecule has 2 nitrogen and oxygen atoms in total. The molecule has 0 bridgehead atoms. The first-order valence-corrected chi connectivity index (χ1v) is 4.98. The molecule has 12 heavy (non-hydrogen) atoms. The van der Waals surface area contributed by atoms with E-state index in [1.165, 1.54) is 25.9 Å². The van der Waals surface area contributed by atoms with Gasteiger partial charge >= 0.3 is 0 Å². The Kier molecular flexibility index (Phi) is 2.06. The van der Waals surface area contributed by atoms with E-state index in [2.05, 4.69) is 11.0 Å². The van der Waals surface area contributed by atoms with Gasteiger partial charge in [-0.1, -0.05) is 0 Å². The second-order valence-corrected chi connectivity index (χ2v) is 4.19. The van der Waals surface area contributed by atoms with Crippen LogP contribution >= 0.6 is 0 Å². The van der Waals surface area contributed by atoms with Gasteiger partial charge in [-0.3, -0.25) is 0 Å². The van der Waals surface area contributed by atoms with Gasteiger partial charge in [0.25, 0.3) is 0 Å². The zero-order valence-corrected chi connectivity index (χ0v) is 7.55. The van der Waals surface area contributed by atoms with Crippen LogP contribution in [0.15, 0.2) is 0 Å². The van der Waals surface area contributed by atoms with Crippen LogP contribution in [-0.4, -0.2) is 24.5 Å². The summed E-state index contributed by atoms with van der Waals surface area (Å²) < 4.78 is 0. The van der Waals surface area contributed by atoms with Gasteiger partial charge in [0.1, 0.15) is 0 Å². The lowest BCUT2D eigenvalue weighted by Gasteiger charge is -2.15. The standard InChI is InChI=1S/C10H16N2/c11-9-10(3-4-10)5-8-12-6-1-2-7-12/h1-8H2. The highest BCUT2D eigenvalue weighted by Crippen LogP contribution is 2.48. The third-order valence-electron chi connectivity index (χ3n) is 3.20. The van der Waals surface area contributed by atoms with Crippen LogP contribution in [0.25, 0.3) is 0 Å². The highest BCUT2D eigenvalue weighted by atomic mass is 15.1. The van der Waals surface area contributed by atoms with Crippen LogP contribution in [0.5, 0.6) is 0 Å². The van der Waals surface area contributed by atoms with Crippen molar-refractivity contribution in [3.8, 4) is 6.07 Å². The second-order valence-electron chi connectivity index (χ2n) is 4.19. The molecular formula is C10H16N2. The molecule has 2 rings (SSSR count). The van der Waals surface area contributed by atoms with Crippen molar-refractivity contribution >= 4 is 0 Å². The van der Waals surface area contributed by atoms with Crippen molar-refractivity contribution in [3.05, 3.63) is 0 Å². The maximum atomic E-state index is 8.86. The van der Waals surface area contributed by atoms with Gasteiger partial charge in [-0.2, -0.15) is 5.26 Å². The van der Waals surface area contributed by atoms with Crippen molar-refractivity contribution < 1.29 is 0 Å². The first-order valence-electron chi connectivity index (χ1n) is 4.98. The highest BCUT2D eigenvalue weighted by molar-refractivity contribution is 5.09. The largest absolute Gasteiger partial charge is 0.303 e. The summed E-state index contributed by atoms with van der Waals surface area (Å²) in [5, 5.41) is 8.86. The molecule has 0 amide bonds. The van der Waals surface area contributed by atoms with E-state index in [0.717, 1.165) is 25.8 Å². The predicted molar refractivity (Wildman–Crippen MR) is 47.6 cm³/mol. The van der Waals surface area contributed by atoms with E-state index in [4.69, 9.17) is 5.26 Å². The summed E-state index contributed by atoms with van der Waals surface area (Å²) in [6.07, 6.45) is 6.14. The van der Waals surface area contributed by atoms with Crippen LogP contribution in [0.2, 0.25) is 0 Å². The second kappa shape index (κ2) is 3.06. The molecule has 1 aliphatic carbocycles. The van der Waals surface area contributed by atoms with Crippen molar-refractivity contribution in [2.75, 3.05) is 19.6 Å². The fourth-order valence-corrected chi connectivity index (χ4v) is 1.95. The Morgan fingerprint density at radius 2 is 1.92 bits per heavy atom. The molecule has 0 aromatic rings. The molecule has 0 spiro atoms. The van der Waals surface area contributed by atoms with Gasteiger partial charge in [-0.25, -0.2) is 0 Å². The maximum Gasteiger partial charge on any atom is 0.0690 e. The average molecular weight is 164 g/mol. The zero-order chi connectivity index (χ0) is 8.44. The number of nitriles is 1. The third kappa shape index (κ3) is 1.61. The van der Waals surface area contributed by atoms with E-state index in [9.17, 15) is 0 Å². The molecule has 1 aliphatic heterocycles. The van der Waals surface area contributed by atoms with Crippen molar-refractivity contribution in [1.29, 1.82) is 5.26 Å². The van der Waals surface area contributed by atoms with Gasteiger partial charge in [0.2, 0.25) is 0 Å². The smallest absolute Gasteiger partial charge is 0.0690 e. The van der Waals surface area contributed by atoms with Gasteiger partial charge < -0.3 is 4.90 Å². The zero-order valence-electron chi connectivity index (χ0n) is 7.55. The number of nitrogens with zero attached hydrogens (tertiary/aromatic N) is 2. The van der Waals surface area contributed by atoms with Crippen LogP contribution in [0.4, 0.5) is 0 Å². The lowest BCUT2D eigenvalue weighted by molar-refractivity contribution is 0.313. The van der Waals surface area contributed by atoms with E-state index >= 15 is 0 Å². The molecule has 66 valence electrons. The van der Waals surface area contributed by atoms with Gasteiger partial charge in [0.05, 0.1) is 11.5 Å². The van der Waals surface area contributed by atoms with Gasteiger partial charge in [-0.15, -0.1) is 0 Å². The summed E-state index contributed by atoms with van der Waals surface area (Å²) in [5.74, 6) is 0. The molecule has 0 atom stereocenters. The van der Waals surface area contributed by atoms with Crippen LogP contribution in [0.1, 0.15) is 32.1 Å². The molecular weight excluding hydrogens is 148 g/mol. The van der Waals surface area contributed by atoms with Crippen molar-refractivity contribution in [3.63, 3.8) is 0 Å². The summed E-state index contributed by atoms with van der Waals surface area (Å²) in [7, 11) is 0. The summed E-state index contributed by atoms with van der Waals surface area (Å²) in [6.45, 7) is 3.69. The predicted octanol–water partition coefficient (Wildman–Crippen LogP) is 1.78. The highest BCUT2D eigenvalue weighted by Gasteiger charge is 2.42. The number of hydrogen-bond donors (Lipinski definition) is 0. The first-order chi connectivity index (χ1) is 5.85. The van der Waals surface area contributed by atoms with Gasteiger partial charge in [0.15, 0.2) is 0 Å². The van der Waals surface area contributed by atoms with Crippen molar-refractivity contribution in [2.24, 2.45) is 5.41 Å². The fraction of sp³-hybridized carbons (Fsp3) is 0.900. The Labute approximate surface area is 74.2 Å².